The van der Waals surface area contributed by atoms with Crippen molar-refractivity contribution in [2.24, 2.45) is 28.0 Å². The number of guanidine groups is 2. The molecule has 0 aliphatic heterocycles. The molecule has 0 bridgehead atoms. The number of primary amides is 1. The van der Waals surface area contributed by atoms with Gasteiger partial charge in [-0.1, -0.05) is 0 Å². The third-order valence-corrected chi connectivity index (χ3v) is 0.652. The highest BCUT2D eigenvalue weighted by molar-refractivity contribution is 5.94. The van der Waals surface area contributed by atoms with Crippen LogP contribution in [-0.4, -0.2) is 23.0 Å². The number of nitrogens with two attached hydrogens (primary N) is 4. The average Bonchev–Trinajstić information content (AvgIpc) is 1.81. The minimum atomic E-state index is -1.02. The summed E-state index contributed by atoms with van der Waals surface area (Å²) in [5.41, 5.74) is 19.4. The van der Waals surface area contributed by atoms with Crippen molar-refractivity contribution < 1.29 is 4.79 Å². The van der Waals surface area contributed by atoms with Gasteiger partial charge in [0.2, 0.25) is 11.9 Å². The van der Waals surface area contributed by atoms with Crippen LogP contribution in [0.15, 0.2) is 5.10 Å². The van der Waals surface area contributed by atoms with E-state index in [0.29, 0.717) is 5.01 Å². The lowest BCUT2D eigenvalue weighted by atomic mass is 10.8. The first-order valence-corrected chi connectivity index (χ1v) is 2.48. The van der Waals surface area contributed by atoms with Gasteiger partial charge in [0.05, 0.1) is 0 Å². The number of nitrogens with one attached hydrogen (secondary N) is 1. The number of hydrogen-bond acceptors (Lipinski definition) is 3. The van der Waals surface area contributed by atoms with E-state index in [-0.39, 0.29) is 0 Å². The van der Waals surface area contributed by atoms with Gasteiger partial charge in [-0.25, -0.2) is 4.79 Å². The molecule has 2 amide bonds. The molecule has 0 unspecified atom stereocenters. The number of amides is 2. The van der Waals surface area contributed by atoms with E-state index in [2.05, 4.69) is 5.10 Å². The standard InChI is InChI=1S/C3H9N7O/c4-1(5)9-10(2(6)7)3(8)11/h(H3,6,7)(H2,8,11)(H4,4,5,9). The summed E-state index contributed by atoms with van der Waals surface area (Å²) in [4.78, 5) is 10.4. The van der Waals surface area contributed by atoms with E-state index in [4.69, 9.17) is 28.3 Å². The second-order valence-corrected chi connectivity index (χ2v) is 1.56. The van der Waals surface area contributed by atoms with Gasteiger partial charge in [-0.2, -0.15) is 0 Å². The van der Waals surface area contributed by atoms with E-state index in [1.165, 1.54) is 0 Å². The molecular weight excluding hydrogens is 150 g/mol. The van der Waals surface area contributed by atoms with Crippen molar-refractivity contribution in [2.75, 3.05) is 0 Å². The number of urea groups is 1. The zero-order chi connectivity index (χ0) is 9.02. The molecule has 62 valence electrons. The number of nitrogens with zero attached hydrogens (tertiary/aromatic N) is 2. The van der Waals surface area contributed by atoms with Crippen molar-refractivity contribution in [1.29, 1.82) is 5.41 Å². The second kappa shape index (κ2) is 3.25. The Morgan fingerprint density at radius 3 is 1.82 bits per heavy atom. The van der Waals surface area contributed by atoms with Crippen molar-refractivity contribution in [3.63, 3.8) is 0 Å². The molecule has 8 nitrogen and oxygen atoms in total. The highest BCUT2D eigenvalue weighted by Gasteiger charge is 2.10. The Bertz CT molecular complexity index is 190. The molecule has 0 saturated carbocycles. The predicted molar refractivity (Wildman–Crippen MR) is 39.1 cm³/mol. The molecule has 0 aliphatic rings. The van der Waals surface area contributed by atoms with Crippen LogP contribution in [0.2, 0.25) is 0 Å². The van der Waals surface area contributed by atoms with E-state index in [0.717, 1.165) is 0 Å². The van der Waals surface area contributed by atoms with Gasteiger partial charge >= 0.3 is 6.03 Å². The van der Waals surface area contributed by atoms with Crippen LogP contribution in [-0.2, 0) is 0 Å². The lowest BCUT2D eigenvalue weighted by Gasteiger charge is -2.10. The minimum absolute atomic E-state index is 0.370. The maximum atomic E-state index is 10.4. The molecule has 11 heavy (non-hydrogen) atoms. The molecule has 0 atom stereocenters. The summed E-state index contributed by atoms with van der Waals surface area (Å²) >= 11 is 0. The summed E-state index contributed by atoms with van der Waals surface area (Å²) in [5.74, 6) is -1.05. The third-order valence-electron chi connectivity index (χ3n) is 0.652. The van der Waals surface area contributed by atoms with Crippen LogP contribution in [0, 0.1) is 5.41 Å². The lowest BCUT2D eigenvalue weighted by molar-refractivity contribution is 0.230. The Morgan fingerprint density at radius 1 is 1.27 bits per heavy atom. The van der Waals surface area contributed by atoms with Crippen LogP contribution in [0.3, 0.4) is 0 Å². The lowest BCUT2D eigenvalue weighted by Crippen LogP contribution is -2.43. The second-order valence-electron chi connectivity index (χ2n) is 1.56. The number of carbonyl (C=O) groups excluding carboxylic acids is 1. The van der Waals surface area contributed by atoms with E-state index < -0.39 is 18.0 Å². The molecule has 0 aliphatic carbocycles. The van der Waals surface area contributed by atoms with E-state index in [1.807, 2.05) is 0 Å². The molecule has 0 heterocycles. The third kappa shape index (κ3) is 2.89. The van der Waals surface area contributed by atoms with Crippen molar-refractivity contribution >= 4 is 18.0 Å². The highest BCUT2D eigenvalue weighted by Crippen LogP contribution is 1.84. The van der Waals surface area contributed by atoms with Crippen LogP contribution in [0.4, 0.5) is 4.79 Å². The molecule has 0 aromatic heterocycles. The summed E-state index contributed by atoms with van der Waals surface area (Å²) in [7, 11) is 0. The van der Waals surface area contributed by atoms with Gasteiger partial charge in [-0.15, -0.1) is 10.1 Å². The van der Waals surface area contributed by atoms with Crippen LogP contribution in [0.5, 0.6) is 0 Å². The van der Waals surface area contributed by atoms with Crippen molar-refractivity contribution in [3.05, 3.63) is 0 Å². The summed E-state index contributed by atoms with van der Waals surface area (Å²) in [5, 5.41) is 10.3. The van der Waals surface area contributed by atoms with Gasteiger partial charge in [0.15, 0.2) is 0 Å². The molecule has 0 aromatic carbocycles. The zero-order valence-corrected chi connectivity index (χ0v) is 5.61. The monoisotopic (exact) mass is 159 g/mol. The molecule has 0 radical (unpaired) electrons. The fraction of sp³-hybridized carbons (Fsp3) is 0. The SMILES string of the molecule is N=C(N)N(N=C(N)N)C(N)=O. The molecule has 9 N–H and O–H groups in total. The number of carbonyl (C=O) groups is 1. The average molecular weight is 159 g/mol. The molecule has 0 rings (SSSR count). The van der Waals surface area contributed by atoms with Crippen LogP contribution >= 0.6 is 0 Å². The first-order chi connectivity index (χ1) is 4.95. The molecule has 8 heteroatoms. The Morgan fingerprint density at radius 2 is 1.73 bits per heavy atom. The van der Waals surface area contributed by atoms with Gasteiger partial charge in [0.25, 0.3) is 0 Å². The molecular formula is C3H9N7O. The normalized spacial score (nSPS) is 8.36. The number of hydrazone groups is 1. The van der Waals surface area contributed by atoms with Crippen LogP contribution in [0.1, 0.15) is 0 Å². The molecule has 0 fully saturated rings. The van der Waals surface area contributed by atoms with Crippen molar-refractivity contribution in [3.8, 4) is 0 Å². The topological polar surface area (TPSA) is 161 Å². The summed E-state index contributed by atoms with van der Waals surface area (Å²) in [6.07, 6.45) is 0. The van der Waals surface area contributed by atoms with Crippen molar-refractivity contribution in [1.82, 2.24) is 5.01 Å². The Balaban J connectivity index is 4.49. The molecule has 0 aromatic rings. The first-order valence-electron chi connectivity index (χ1n) is 2.48. The quantitative estimate of drug-likeness (QED) is 0.162. The Hall–Kier alpha value is -1.99. The van der Waals surface area contributed by atoms with E-state index >= 15 is 0 Å². The maximum absolute atomic E-state index is 10.4. The molecule has 0 saturated heterocycles. The number of hydrogen-bond donors (Lipinski definition) is 5. The van der Waals surface area contributed by atoms with E-state index in [9.17, 15) is 4.79 Å². The Labute approximate surface area is 62.3 Å². The fourth-order valence-electron chi connectivity index (χ4n) is 0.337. The fourth-order valence-corrected chi connectivity index (χ4v) is 0.337. The van der Waals surface area contributed by atoms with Gasteiger partial charge in [0.1, 0.15) is 0 Å². The zero-order valence-electron chi connectivity index (χ0n) is 5.61. The Kier molecular flexibility index (Phi) is 2.66. The number of rotatable bonds is 1. The summed E-state index contributed by atoms with van der Waals surface area (Å²) in [6.45, 7) is 0. The van der Waals surface area contributed by atoms with Gasteiger partial charge in [-0.05, 0) is 0 Å². The van der Waals surface area contributed by atoms with Gasteiger partial charge < -0.3 is 22.9 Å². The van der Waals surface area contributed by atoms with Crippen LogP contribution < -0.4 is 22.9 Å². The molecule has 0 spiro atoms. The van der Waals surface area contributed by atoms with E-state index in [1.54, 1.807) is 0 Å². The first kappa shape index (κ1) is 9.01. The summed E-state index contributed by atoms with van der Waals surface area (Å²) < 4.78 is 0. The minimum Gasteiger partial charge on any atom is -0.369 e. The summed E-state index contributed by atoms with van der Waals surface area (Å²) in [6, 6.07) is -1.02. The van der Waals surface area contributed by atoms with Gasteiger partial charge in [-0.3, -0.25) is 5.41 Å². The van der Waals surface area contributed by atoms with Gasteiger partial charge in [0, 0.05) is 0 Å². The highest BCUT2D eigenvalue weighted by atomic mass is 16.2. The largest absolute Gasteiger partial charge is 0.369 e. The maximum Gasteiger partial charge on any atom is 0.342 e. The van der Waals surface area contributed by atoms with Crippen LogP contribution in [0.25, 0.3) is 0 Å². The smallest absolute Gasteiger partial charge is 0.342 e. The van der Waals surface area contributed by atoms with Crippen molar-refractivity contribution in [2.45, 2.75) is 0 Å². The predicted octanol–water partition coefficient (Wildman–Crippen LogP) is -2.55.